The van der Waals surface area contributed by atoms with Crippen LogP contribution in [0.15, 0.2) is 61.1 Å². The van der Waals surface area contributed by atoms with E-state index in [0.29, 0.717) is 6.61 Å². The van der Waals surface area contributed by atoms with Gasteiger partial charge in [0.15, 0.2) is 0 Å². The Balaban J connectivity index is 1.56. The van der Waals surface area contributed by atoms with Gasteiger partial charge in [0.1, 0.15) is 24.2 Å². The molecule has 0 unspecified atom stereocenters. The molecule has 26 heavy (non-hydrogen) atoms. The molecular weight excluding hydrogens is 328 g/mol. The quantitative estimate of drug-likeness (QED) is 0.711. The van der Waals surface area contributed by atoms with Crippen LogP contribution >= 0.6 is 0 Å². The number of aromatic nitrogens is 3. The van der Waals surface area contributed by atoms with E-state index in [1.807, 2.05) is 60.3 Å². The Hall–Kier alpha value is -3.15. The summed E-state index contributed by atoms with van der Waals surface area (Å²) in [5.74, 6) is 1.66. The second-order valence-corrected chi connectivity index (χ2v) is 6.36. The fourth-order valence-electron chi connectivity index (χ4n) is 3.22. The summed E-state index contributed by atoms with van der Waals surface area (Å²) >= 11 is 0. The molecule has 0 spiro atoms. The van der Waals surface area contributed by atoms with Gasteiger partial charge >= 0.3 is 0 Å². The Morgan fingerprint density at radius 1 is 1.15 bits per heavy atom. The van der Waals surface area contributed by atoms with Crippen molar-refractivity contribution in [2.24, 2.45) is 0 Å². The van der Waals surface area contributed by atoms with Gasteiger partial charge in [-0.2, -0.15) is 0 Å². The number of carbonyl (C=O) groups excluding carboxylic acids is 1. The molecule has 3 aromatic rings. The number of carbonyl (C=O) groups is 1. The zero-order valence-electron chi connectivity index (χ0n) is 14.6. The number of imidazole rings is 1. The van der Waals surface area contributed by atoms with Crippen molar-refractivity contribution in [3.63, 3.8) is 0 Å². The fourth-order valence-corrected chi connectivity index (χ4v) is 3.22. The van der Waals surface area contributed by atoms with Crippen LogP contribution in [-0.4, -0.2) is 38.9 Å². The largest absolute Gasteiger partial charge is 0.487 e. The molecule has 6 heteroatoms. The lowest BCUT2D eigenvalue weighted by atomic mass is 10.1. The lowest BCUT2D eigenvalue weighted by Crippen LogP contribution is -2.24. The average Bonchev–Trinajstić information content (AvgIpc) is 3.28. The van der Waals surface area contributed by atoms with Gasteiger partial charge < -0.3 is 14.2 Å². The zero-order chi connectivity index (χ0) is 17.9. The number of hydrogen-bond acceptors (Lipinski definition) is 4. The van der Waals surface area contributed by atoms with E-state index >= 15 is 0 Å². The molecule has 0 radical (unpaired) electrons. The third-order valence-electron chi connectivity index (χ3n) is 4.61. The minimum atomic E-state index is -0.185. The van der Waals surface area contributed by atoms with Crippen LogP contribution in [0.2, 0.25) is 0 Å². The molecule has 1 saturated heterocycles. The highest BCUT2D eigenvalue weighted by molar-refractivity contribution is 5.83. The highest BCUT2D eigenvalue weighted by Crippen LogP contribution is 2.29. The van der Waals surface area contributed by atoms with Crippen LogP contribution in [0.3, 0.4) is 0 Å². The number of likely N-dealkylation sites (tertiary alicyclic amines) is 1. The van der Waals surface area contributed by atoms with Gasteiger partial charge in [-0.15, -0.1) is 0 Å². The lowest BCUT2D eigenvalue weighted by molar-refractivity contribution is -0.129. The first kappa shape index (κ1) is 16.3. The maximum atomic E-state index is 12.4. The molecule has 1 amide bonds. The van der Waals surface area contributed by atoms with Crippen molar-refractivity contribution in [3.8, 4) is 17.1 Å². The van der Waals surface area contributed by atoms with Gasteiger partial charge in [0.25, 0.3) is 0 Å². The molecule has 0 saturated carbocycles. The maximum absolute atomic E-state index is 12.4. The van der Waals surface area contributed by atoms with Gasteiger partial charge in [0.2, 0.25) is 5.91 Å². The van der Waals surface area contributed by atoms with Crippen LogP contribution in [0, 0.1) is 0 Å². The first-order valence-electron chi connectivity index (χ1n) is 8.63. The maximum Gasteiger partial charge on any atom is 0.245 e. The second kappa shape index (κ2) is 7.00. The van der Waals surface area contributed by atoms with E-state index in [1.165, 1.54) is 0 Å². The number of benzene rings is 1. The standard InChI is InChI=1S/C20H20N4O2/c1-23-11-8-18(20(23)25)24-12-10-22-19(24)15-5-4-7-17(13-15)26-14-16-6-2-3-9-21-16/h2-7,9-10,12-13,18H,8,11,14H2,1H3/t18-/m1/s1. The molecule has 1 atom stereocenters. The van der Waals surface area contributed by atoms with Gasteiger partial charge in [-0.25, -0.2) is 4.98 Å². The van der Waals surface area contributed by atoms with Crippen molar-refractivity contribution in [1.82, 2.24) is 19.4 Å². The lowest BCUT2D eigenvalue weighted by Gasteiger charge is -2.15. The summed E-state index contributed by atoms with van der Waals surface area (Å²) in [5.41, 5.74) is 1.80. The van der Waals surface area contributed by atoms with Crippen molar-refractivity contribution < 1.29 is 9.53 Å². The number of amides is 1. The first-order valence-corrected chi connectivity index (χ1v) is 8.63. The summed E-state index contributed by atoms with van der Waals surface area (Å²) in [5, 5.41) is 0. The van der Waals surface area contributed by atoms with Gasteiger partial charge in [-0.05, 0) is 30.7 Å². The predicted octanol–water partition coefficient (Wildman–Crippen LogP) is 2.93. The number of nitrogens with zero attached hydrogens (tertiary/aromatic N) is 4. The fraction of sp³-hybridized carbons (Fsp3) is 0.250. The van der Waals surface area contributed by atoms with E-state index < -0.39 is 0 Å². The van der Waals surface area contributed by atoms with Crippen molar-refractivity contribution in [3.05, 3.63) is 66.7 Å². The number of pyridine rings is 1. The van der Waals surface area contributed by atoms with E-state index in [9.17, 15) is 4.79 Å². The van der Waals surface area contributed by atoms with Gasteiger partial charge in [0, 0.05) is 37.7 Å². The molecule has 1 aliphatic rings. The molecule has 2 aromatic heterocycles. The average molecular weight is 348 g/mol. The second-order valence-electron chi connectivity index (χ2n) is 6.36. The molecule has 0 bridgehead atoms. The summed E-state index contributed by atoms with van der Waals surface area (Å²) in [6.45, 7) is 1.18. The van der Waals surface area contributed by atoms with E-state index in [-0.39, 0.29) is 11.9 Å². The van der Waals surface area contributed by atoms with Crippen molar-refractivity contribution in [2.75, 3.05) is 13.6 Å². The van der Waals surface area contributed by atoms with Crippen LogP contribution in [0.5, 0.6) is 5.75 Å². The monoisotopic (exact) mass is 348 g/mol. The predicted molar refractivity (Wildman–Crippen MR) is 97.5 cm³/mol. The van der Waals surface area contributed by atoms with E-state index in [4.69, 9.17) is 4.74 Å². The number of ether oxygens (including phenoxy) is 1. The molecule has 6 nitrogen and oxygen atoms in total. The van der Waals surface area contributed by atoms with Crippen molar-refractivity contribution in [2.45, 2.75) is 19.1 Å². The highest BCUT2D eigenvalue weighted by Gasteiger charge is 2.31. The van der Waals surface area contributed by atoms with E-state index in [2.05, 4.69) is 9.97 Å². The summed E-state index contributed by atoms with van der Waals surface area (Å²) < 4.78 is 7.82. The van der Waals surface area contributed by atoms with Crippen molar-refractivity contribution in [1.29, 1.82) is 0 Å². The molecule has 1 aromatic carbocycles. The molecule has 0 N–H and O–H groups in total. The molecule has 0 aliphatic carbocycles. The minimum absolute atomic E-state index is 0.131. The topological polar surface area (TPSA) is 60.3 Å². The third kappa shape index (κ3) is 3.18. The molecular formula is C20H20N4O2. The SMILES string of the molecule is CN1CC[C@@H](n2ccnc2-c2cccc(OCc3ccccn3)c2)C1=O. The Bertz CT molecular complexity index is 907. The van der Waals surface area contributed by atoms with E-state index in [0.717, 1.165) is 35.8 Å². The Labute approximate surface area is 152 Å². The summed E-state index contributed by atoms with van der Waals surface area (Å²) in [6, 6.07) is 13.3. The van der Waals surface area contributed by atoms with Gasteiger partial charge in [0.05, 0.1) is 5.69 Å². The molecule has 3 heterocycles. The Morgan fingerprint density at radius 2 is 2.08 bits per heavy atom. The number of likely N-dealkylation sites (N-methyl/N-ethyl adjacent to an activating group) is 1. The normalized spacial score (nSPS) is 16.9. The van der Waals surface area contributed by atoms with Crippen LogP contribution in [-0.2, 0) is 11.4 Å². The molecule has 1 aliphatic heterocycles. The van der Waals surface area contributed by atoms with Crippen molar-refractivity contribution >= 4 is 5.91 Å². The number of rotatable bonds is 5. The van der Waals surface area contributed by atoms with Crippen LogP contribution in [0.25, 0.3) is 11.4 Å². The minimum Gasteiger partial charge on any atom is -0.487 e. The highest BCUT2D eigenvalue weighted by atomic mass is 16.5. The summed E-state index contributed by atoms with van der Waals surface area (Å²) in [7, 11) is 1.84. The smallest absolute Gasteiger partial charge is 0.245 e. The third-order valence-corrected chi connectivity index (χ3v) is 4.61. The first-order chi connectivity index (χ1) is 12.7. The zero-order valence-corrected chi connectivity index (χ0v) is 14.6. The van der Waals surface area contributed by atoms with Gasteiger partial charge in [-0.1, -0.05) is 18.2 Å². The molecule has 132 valence electrons. The molecule has 1 fully saturated rings. The summed E-state index contributed by atoms with van der Waals surface area (Å²) in [6.07, 6.45) is 6.16. The molecule has 4 rings (SSSR count). The summed E-state index contributed by atoms with van der Waals surface area (Å²) in [4.78, 5) is 22.9. The van der Waals surface area contributed by atoms with Gasteiger partial charge in [-0.3, -0.25) is 9.78 Å². The Morgan fingerprint density at radius 3 is 2.85 bits per heavy atom. The van der Waals surface area contributed by atoms with Crippen LogP contribution in [0.4, 0.5) is 0 Å². The Kier molecular flexibility index (Phi) is 4.39. The van der Waals surface area contributed by atoms with Crippen LogP contribution < -0.4 is 4.74 Å². The van der Waals surface area contributed by atoms with Crippen LogP contribution in [0.1, 0.15) is 18.2 Å². The van der Waals surface area contributed by atoms with E-state index in [1.54, 1.807) is 17.3 Å². The number of hydrogen-bond donors (Lipinski definition) is 0.